The average Bonchev–Trinajstić information content (AvgIpc) is 3.35. The summed E-state index contributed by atoms with van der Waals surface area (Å²) in [5, 5.41) is 11.3. The predicted molar refractivity (Wildman–Crippen MR) is 149 cm³/mol. The van der Waals surface area contributed by atoms with Gasteiger partial charge in [0.15, 0.2) is 5.58 Å². The van der Waals surface area contributed by atoms with Crippen LogP contribution in [0, 0.1) is 0 Å². The Kier molecular flexibility index (Phi) is 7.51. The van der Waals surface area contributed by atoms with E-state index in [1.54, 1.807) is 12.4 Å². The number of ether oxygens (including phenoxy) is 1. The lowest BCUT2D eigenvalue weighted by Crippen LogP contribution is -2.02. The van der Waals surface area contributed by atoms with Crippen LogP contribution in [-0.4, -0.2) is 46.5 Å². The second-order valence-electron chi connectivity index (χ2n) is 8.42. The van der Waals surface area contributed by atoms with E-state index in [9.17, 15) is 0 Å². The number of anilines is 4. The SMILES string of the molecule is CNc1ccc2oc(-c3cnc(NC)c4cnc(Nc5cccc(OCCCCCCl)n5)cc34)nc2c1. The molecule has 0 fully saturated rings. The molecule has 0 amide bonds. The number of rotatable bonds is 11. The van der Waals surface area contributed by atoms with Crippen LogP contribution in [0.15, 0.2) is 59.3 Å². The first-order chi connectivity index (χ1) is 18.2. The Morgan fingerprint density at radius 3 is 2.65 bits per heavy atom. The van der Waals surface area contributed by atoms with Gasteiger partial charge in [0.1, 0.15) is 23.0 Å². The molecule has 5 rings (SSSR count). The molecule has 10 heteroatoms. The van der Waals surface area contributed by atoms with Crippen LogP contribution in [0.25, 0.3) is 33.3 Å². The number of alkyl halides is 1. The maximum absolute atomic E-state index is 6.09. The average molecular weight is 518 g/mol. The molecule has 0 unspecified atom stereocenters. The van der Waals surface area contributed by atoms with Gasteiger partial charge in [-0.2, -0.15) is 4.98 Å². The second kappa shape index (κ2) is 11.3. The molecule has 190 valence electrons. The van der Waals surface area contributed by atoms with E-state index in [1.165, 1.54) is 0 Å². The van der Waals surface area contributed by atoms with Crippen LogP contribution in [0.3, 0.4) is 0 Å². The van der Waals surface area contributed by atoms with Crippen molar-refractivity contribution in [1.29, 1.82) is 0 Å². The number of oxazole rings is 1. The number of pyridine rings is 3. The first-order valence-corrected chi connectivity index (χ1v) is 12.7. The Bertz CT molecular complexity index is 1520. The molecule has 0 bridgehead atoms. The highest BCUT2D eigenvalue weighted by molar-refractivity contribution is 6.17. The van der Waals surface area contributed by atoms with Crippen LogP contribution < -0.4 is 20.7 Å². The van der Waals surface area contributed by atoms with Crippen molar-refractivity contribution in [3.8, 4) is 17.3 Å². The van der Waals surface area contributed by atoms with Gasteiger partial charge >= 0.3 is 0 Å². The molecule has 4 aromatic heterocycles. The molecule has 0 saturated carbocycles. The van der Waals surface area contributed by atoms with Gasteiger partial charge in [-0.05, 0) is 49.6 Å². The molecule has 1 aromatic carbocycles. The largest absolute Gasteiger partial charge is 0.478 e. The van der Waals surface area contributed by atoms with Crippen molar-refractivity contribution in [3.05, 3.63) is 54.9 Å². The Morgan fingerprint density at radius 1 is 0.892 bits per heavy atom. The van der Waals surface area contributed by atoms with E-state index in [4.69, 9.17) is 25.7 Å². The highest BCUT2D eigenvalue weighted by atomic mass is 35.5. The fourth-order valence-electron chi connectivity index (χ4n) is 4.02. The van der Waals surface area contributed by atoms with Gasteiger partial charge in [0.2, 0.25) is 11.8 Å². The Balaban J connectivity index is 1.45. The number of nitrogens with one attached hydrogen (secondary N) is 3. The van der Waals surface area contributed by atoms with Crippen molar-refractivity contribution in [1.82, 2.24) is 19.9 Å². The topological polar surface area (TPSA) is 110 Å². The lowest BCUT2D eigenvalue weighted by Gasteiger charge is -2.11. The molecule has 37 heavy (non-hydrogen) atoms. The summed E-state index contributed by atoms with van der Waals surface area (Å²) < 4.78 is 11.9. The zero-order valence-corrected chi connectivity index (χ0v) is 21.5. The minimum absolute atomic E-state index is 0.489. The summed E-state index contributed by atoms with van der Waals surface area (Å²) in [5.74, 6) is 3.70. The van der Waals surface area contributed by atoms with Crippen LogP contribution in [0.2, 0.25) is 0 Å². The van der Waals surface area contributed by atoms with Crippen LogP contribution in [0.5, 0.6) is 5.88 Å². The lowest BCUT2D eigenvalue weighted by molar-refractivity contribution is 0.295. The number of benzene rings is 1. The third-order valence-electron chi connectivity index (χ3n) is 5.92. The van der Waals surface area contributed by atoms with Gasteiger partial charge in [0, 0.05) is 54.9 Å². The fraction of sp³-hybridized carbons (Fsp3) is 0.259. The molecule has 0 aliphatic rings. The van der Waals surface area contributed by atoms with Crippen molar-refractivity contribution in [2.24, 2.45) is 0 Å². The molecule has 4 heterocycles. The monoisotopic (exact) mass is 517 g/mol. The van der Waals surface area contributed by atoms with Gasteiger partial charge in [-0.15, -0.1) is 11.6 Å². The Morgan fingerprint density at radius 2 is 1.81 bits per heavy atom. The molecule has 5 aromatic rings. The maximum Gasteiger partial charge on any atom is 0.229 e. The van der Waals surface area contributed by atoms with E-state index in [0.29, 0.717) is 47.3 Å². The van der Waals surface area contributed by atoms with Crippen molar-refractivity contribution < 1.29 is 9.15 Å². The normalized spacial score (nSPS) is 11.1. The highest BCUT2D eigenvalue weighted by Crippen LogP contribution is 2.34. The zero-order valence-electron chi connectivity index (χ0n) is 20.7. The maximum atomic E-state index is 6.09. The van der Waals surface area contributed by atoms with Gasteiger partial charge in [0.05, 0.1) is 12.2 Å². The van der Waals surface area contributed by atoms with Crippen LogP contribution in [0.1, 0.15) is 19.3 Å². The molecule has 0 spiro atoms. The van der Waals surface area contributed by atoms with E-state index in [0.717, 1.165) is 46.8 Å². The first kappa shape index (κ1) is 24.6. The van der Waals surface area contributed by atoms with Gasteiger partial charge in [0.25, 0.3) is 0 Å². The molecule has 0 aliphatic carbocycles. The molecule has 3 N–H and O–H groups in total. The summed E-state index contributed by atoms with van der Waals surface area (Å²) in [4.78, 5) is 18.4. The third-order valence-corrected chi connectivity index (χ3v) is 6.19. The molecular weight excluding hydrogens is 490 g/mol. The molecular formula is C27H28ClN7O2. The fourth-order valence-corrected chi connectivity index (χ4v) is 4.21. The molecule has 0 aliphatic heterocycles. The first-order valence-electron chi connectivity index (χ1n) is 12.2. The van der Waals surface area contributed by atoms with Crippen molar-refractivity contribution in [3.63, 3.8) is 0 Å². The number of halogens is 1. The number of fused-ring (bicyclic) bond motifs is 2. The number of nitrogens with zero attached hydrogens (tertiary/aromatic N) is 4. The summed E-state index contributed by atoms with van der Waals surface area (Å²) >= 11 is 5.74. The number of aromatic nitrogens is 4. The zero-order chi connectivity index (χ0) is 25.6. The number of unbranched alkanes of at least 4 members (excludes halogenated alkanes) is 2. The predicted octanol–water partition coefficient (Wildman–Crippen LogP) is 6.45. The molecule has 0 radical (unpaired) electrons. The lowest BCUT2D eigenvalue weighted by atomic mass is 10.1. The number of hydrogen-bond acceptors (Lipinski definition) is 9. The van der Waals surface area contributed by atoms with Crippen LogP contribution in [0.4, 0.5) is 23.1 Å². The summed E-state index contributed by atoms with van der Waals surface area (Å²) in [6.45, 7) is 0.602. The summed E-state index contributed by atoms with van der Waals surface area (Å²) in [5.41, 5.74) is 3.20. The highest BCUT2D eigenvalue weighted by Gasteiger charge is 2.16. The van der Waals surface area contributed by atoms with Crippen LogP contribution in [-0.2, 0) is 0 Å². The smallest absolute Gasteiger partial charge is 0.229 e. The second-order valence-corrected chi connectivity index (χ2v) is 8.80. The van der Waals surface area contributed by atoms with E-state index in [1.807, 2.05) is 56.6 Å². The number of hydrogen-bond donors (Lipinski definition) is 3. The van der Waals surface area contributed by atoms with Crippen molar-refractivity contribution in [2.45, 2.75) is 19.3 Å². The summed E-state index contributed by atoms with van der Waals surface area (Å²) in [6, 6.07) is 13.4. The quantitative estimate of drug-likeness (QED) is 0.134. The van der Waals surface area contributed by atoms with Crippen molar-refractivity contribution >= 4 is 56.6 Å². The van der Waals surface area contributed by atoms with E-state index in [2.05, 4.69) is 30.9 Å². The molecule has 0 saturated heterocycles. The molecule has 0 atom stereocenters. The minimum Gasteiger partial charge on any atom is -0.478 e. The Hall–Kier alpha value is -4.11. The van der Waals surface area contributed by atoms with E-state index >= 15 is 0 Å². The van der Waals surface area contributed by atoms with Crippen LogP contribution >= 0.6 is 11.6 Å². The van der Waals surface area contributed by atoms with Crippen molar-refractivity contribution in [2.75, 3.05) is 42.5 Å². The molecule has 9 nitrogen and oxygen atoms in total. The van der Waals surface area contributed by atoms with Gasteiger partial charge in [-0.1, -0.05) is 6.07 Å². The van der Waals surface area contributed by atoms with E-state index in [-0.39, 0.29) is 0 Å². The van der Waals surface area contributed by atoms with Gasteiger partial charge in [-0.25, -0.2) is 15.0 Å². The van der Waals surface area contributed by atoms with E-state index < -0.39 is 0 Å². The summed E-state index contributed by atoms with van der Waals surface area (Å²) in [6.07, 6.45) is 6.50. The Labute approximate surface area is 219 Å². The van der Waals surface area contributed by atoms with Gasteiger partial charge < -0.3 is 25.1 Å². The third kappa shape index (κ3) is 5.51. The minimum atomic E-state index is 0.489. The summed E-state index contributed by atoms with van der Waals surface area (Å²) in [7, 11) is 3.70. The standard InChI is InChI=1S/C27H28ClN7O2/c1-29-17-9-10-22-21(13-17)33-27(37-22)20-16-32-26(30-2)19-15-31-24(14-18(19)20)34-23-7-6-8-25(35-23)36-12-5-3-4-11-28/h6-10,13-16,29H,3-5,11-12H2,1-2H3,(H,30,32)(H,31,34,35). The van der Waals surface area contributed by atoms with Gasteiger partial charge in [-0.3, -0.25) is 0 Å².